The van der Waals surface area contributed by atoms with Crippen LogP contribution in [0, 0.1) is 6.92 Å². The molecule has 0 aliphatic carbocycles. The van der Waals surface area contributed by atoms with Crippen molar-refractivity contribution in [3.63, 3.8) is 0 Å². The van der Waals surface area contributed by atoms with E-state index in [1.54, 1.807) is 35.4 Å². The summed E-state index contributed by atoms with van der Waals surface area (Å²) in [7, 11) is -3.45. The standard InChI is InChI=1S/C13H15N3O4S2/c1-10-9-11(20-14-10)13(17)15-4-6-16(7-5-15)22(18,19)12-3-2-8-21-12/h2-3,8-9H,4-7H2,1H3. The number of amides is 1. The molecule has 0 unspecified atom stereocenters. The normalized spacial score (nSPS) is 16.9. The molecule has 0 spiro atoms. The Labute approximate surface area is 132 Å². The van der Waals surface area contributed by atoms with Gasteiger partial charge in [0, 0.05) is 32.2 Å². The van der Waals surface area contributed by atoms with Crippen molar-refractivity contribution >= 4 is 27.3 Å². The summed E-state index contributed by atoms with van der Waals surface area (Å²) >= 11 is 1.20. The number of rotatable bonds is 3. The Morgan fingerprint density at radius 2 is 2.05 bits per heavy atom. The summed E-state index contributed by atoms with van der Waals surface area (Å²) in [5, 5.41) is 5.43. The van der Waals surface area contributed by atoms with E-state index in [0.717, 1.165) is 0 Å². The van der Waals surface area contributed by atoms with Crippen molar-refractivity contribution in [1.29, 1.82) is 0 Å². The van der Waals surface area contributed by atoms with Crippen LogP contribution >= 0.6 is 11.3 Å². The van der Waals surface area contributed by atoms with Crippen molar-refractivity contribution in [3.8, 4) is 0 Å². The molecule has 1 saturated heterocycles. The number of sulfonamides is 1. The molecule has 1 aliphatic heterocycles. The van der Waals surface area contributed by atoms with Crippen LogP contribution in [0.5, 0.6) is 0 Å². The maximum atomic E-state index is 12.4. The first-order valence-corrected chi connectivity index (χ1v) is 9.07. The molecule has 0 N–H and O–H groups in total. The van der Waals surface area contributed by atoms with Gasteiger partial charge in [0.25, 0.3) is 15.9 Å². The van der Waals surface area contributed by atoms with Gasteiger partial charge in [0.15, 0.2) is 0 Å². The summed E-state index contributed by atoms with van der Waals surface area (Å²) in [6, 6.07) is 4.88. The van der Waals surface area contributed by atoms with Crippen LogP contribution in [0.4, 0.5) is 0 Å². The molecule has 9 heteroatoms. The molecule has 3 heterocycles. The van der Waals surface area contributed by atoms with Crippen molar-refractivity contribution in [2.24, 2.45) is 0 Å². The molecule has 1 aliphatic rings. The second-order valence-corrected chi connectivity index (χ2v) is 8.07. The van der Waals surface area contributed by atoms with Crippen LogP contribution < -0.4 is 0 Å². The molecule has 0 aromatic carbocycles. The number of piperazine rings is 1. The molecule has 118 valence electrons. The van der Waals surface area contributed by atoms with Crippen LogP contribution in [0.25, 0.3) is 0 Å². The molecule has 7 nitrogen and oxygen atoms in total. The van der Waals surface area contributed by atoms with Crippen LogP contribution in [0.15, 0.2) is 32.3 Å². The van der Waals surface area contributed by atoms with E-state index in [4.69, 9.17) is 4.52 Å². The predicted molar refractivity (Wildman–Crippen MR) is 80.2 cm³/mol. The van der Waals surface area contributed by atoms with Crippen molar-refractivity contribution in [2.45, 2.75) is 11.1 Å². The highest BCUT2D eigenvalue weighted by Gasteiger charge is 2.31. The van der Waals surface area contributed by atoms with Crippen LogP contribution in [0.2, 0.25) is 0 Å². The van der Waals surface area contributed by atoms with Crippen LogP contribution in [-0.2, 0) is 10.0 Å². The van der Waals surface area contributed by atoms with E-state index in [2.05, 4.69) is 5.16 Å². The van der Waals surface area contributed by atoms with Gasteiger partial charge < -0.3 is 9.42 Å². The number of aryl methyl sites for hydroxylation is 1. The Hall–Kier alpha value is -1.71. The predicted octanol–water partition coefficient (Wildman–Crippen LogP) is 1.19. The summed E-state index contributed by atoms with van der Waals surface area (Å²) in [5.41, 5.74) is 0.641. The zero-order valence-corrected chi connectivity index (χ0v) is 13.6. The smallest absolute Gasteiger partial charge is 0.292 e. The monoisotopic (exact) mass is 341 g/mol. The molecule has 0 radical (unpaired) electrons. The minimum atomic E-state index is -3.45. The Kier molecular flexibility index (Phi) is 4.02. The molecular formula is C13H15N3O4S2. The highest BCUT2D eigenvalue weighted by Crippen LogP contribution is 2.22. The number of hydrogen-bond donors (Lipinski definition) is 0. The SMILES string of the molecule is Cc1cc(C(=O)N2CCN(S(=O)(=O)c3cccs3)CC2)on1. The quantitative estimate of drug-likeness (QED) is 0.837. The maximum absolute atomic E-state index is 12.4. The number of hydrogen-bond acceptors (Lipinski definition) is 6. The molecule has 1 fully saturated rings. The van der Waals surface area contributed by atoms with Crippen LogP contribution in [0.1, 0.15) is 16.2 Å². The zero-order chi connectivity index (χ0) is 15.7. The molecule has 22 heavy (non-hydrogen) atoms. The van der Waals surface area contributed by atoms with Gasteiger partial charge in [-0.3, -0.25) is 4.79 Å². The third kappa shape index (κ3) is 2.79. The summed E-state index contributed by atoms with van der Waals surface area (Å²) in [6.07, 6.45) is 0. The van der Waals surface area contributed by atoms with Crippen molar-refractivity contribution < 1.29 is 17.7 Å². The van der Waals surface area contributed by atoms with E-state index in [9.17, 15) is 13.2 Å². The van der Waals surface area contributed by atoms with Gasteiger partial charge in [-0.05, 0) is 18.4 Å². The van der Waals surface area contributed by atoms with Crippen LogP contribution in [0.3, 0.4) is 0 Å². The highest BCUT2D eigenvalue weighted by atomic mass is 32.2. The first kappa shape index (κ1) is 15.2. The zero-order valence-electron chi connectivity index (χ0n) is 11.9. The second kappa shape index (κ2) is 5.82. The van der Waals surface area contributed by atoms with Gasteiger partial charge in [0.05, 0.1) is 5.69 Å². The van der Waals surface area contributed by atoms with Gasteiger partial charge in [-0.15, -0.1) is 11.3 Å². The van der Waals surface area contributed by atoms with E-state index in [-0.39, 0.29) is 24.8 Å². The first-order valence-electron chi connectivity index (χ1n) is 6.75. The molecule has 0 bridgehead atoms. The van der Waals surface area contributed by atoms with Crippen molar-refractivity contribution in [3.05, 3.63) is 35.0 Å². The topological polar surface area (TPSA) is 83.7 Å². The molecule has 1 amide bonds. The fraction of sp³-hybridized carbons (Fsp3) is 0.385. The molecular weight excluding hydrogens is 326 g/mol. The van der Waals surface area contributed by atoms with Crippen molar-refractivity contribution in [2.75, 3.05) is 26.2 Å². The minimum Gasteiger partial charge on any atom is -0.351 e. The molecule has 0 atom stereocenters. The summed E-state index contributed by atoms with van der Waals surface area (Å²) in [5.74, 6) is -0.0687. The van der Waals surface area contributed by atoms with E-state index < -0.39 is 10.0 Å². The number of thiophene rings is 1. The average molecular weight is 341 g/mol. The molecule has 3 rings (SSSR count). The van der Waals surface area contributed by atoms with Gasteiger partial charge in [0.1, 0.15) is 4.21 Å². The fourth-order valence-electron chi connectivity index (χ4n) is 2.29. The average Bonchev–Trinajstić information content (AvgIpc) is 3.18. The van der Waals surface area contributed by atoms with Gasteiger partial charge in [-0.2, -0.15) is 4.31 Å². The Bertz CT molecular complexity index is 759. The third-order valence-corrected chi connectivity index (χ3v) is 6.73. The highest BCUT2D eigenvalue weighted by molar-refractivity contribution is 7.91. The Morgan fingerprint density at radius 3 is 2.59 bits per heavy atom. The van der Waals surface area contributed by atoms with Gasteiger partial charge in [-0.25, -0.2) is 8.42 Å². The second-order valence-electron chi connectivity index (χ2n) is 4.96. The Balaban J connectivity index is 1.67. The minimum absolute atomic E-state index is 0.187. The van der Waals surface area contributed by atoms with E-state index in [1.165, 1.54) is 15.6 Å². The molecule has 2 aromatic heterocycles. The number of carbonyl (C=O) groups excluding carboxylic acids is 1. The summed E-state index contributed by atoms with van der Waals surface area (Å²) in [6.45, 7) is 2.97. The lowest BCUT2D eigenvalue weighted by Gasteiger charge is -2.33. The van der Waals surface area contributed by atoms with Crippen LogP contribution in [-0.4, -0.2) is 54.9 Å². The summed E-state index contributed by atoms with van der Waals surface area (Å²) < 4.78 is 31.5. The number of nitrogens with zero attached hydrogens (tertiary/aromatic N) is 3. The lowest BCUT2D eigenvalue weighted by molar-refractivity contribution is 0.0656. The lowest BCUT2D eigenvalue weighted by Crippen LogP contribution is -2.50. The maximum Gasteiger partial charge on any atom is 0.292 e. The van der Waals surface area contributed by atoms with Gasteiger partial charge in [-0.1, -0.05) is 11.2 Å². The van der Waals surface area contributed by atoms with Gasteiger partial charge in [0.2, 0.25) is 5.76 Å². The largest absolute Gasteiger partial charge is 0.351 e. The number of aromatic nitrogens is 1. The first-order chi connectivity index (χ1) is 10.5. The fourth-order valence-corrected chi connectivity index (χ4v) is 4.86. The molecule has 2 aromatic rings. The van der Waals surface area contributed by atoms with E-state index >= 15 is 0 Å². The van der Waals surface area contributed by atoms with Crippen molar-refractivity contribution in [1.82, 2.24) is 14.4 Å². The Morgan fingerprint density at radius 1 is 1.32 bits per heavy atom. The van der Waals surface area contributed by atoms with E-state index in [0.29, 0.717) is 23.0 Å². The van der Waals surface area contributed by atoms with E-state index in [1.807, 2.05) is 0 Å². The third-order valence-electron chi connectivity index (χ3n) is 3.45. The lowest BCUT2D eigenvalue weighted by atomic mass is 10.3. The molecule has 0 saturated carbocycles. The number of carbonyl (C=O) groups is 1. The van der Waals surface area contributed by atoms with Gasteiger partial charge >= 0.3 is 0 Å². The summed E-state index contributed by atoms with van der Waals surface area (Å²) in [4.78, 5) is 13.8.